The number of hydrogen-bond acceptors (Lipinski definition) is 6. The van der Waals surface area contributed by atoms with Crippen molar-refractivity contribution >= 4 is 33.2 Å². The summed E-state index contributed by atoms with van der Waals surface area (Å²) in [5, 5.41) is 7.57. The molecule has 1 atom stereocenters. The van der Waals surface area contributed by atoms with Gasteiger partial charge in [0.2, 0.25) is 5.03 Å². The van der Waals surface area contributed by atoms with Crippen LogP contribution in [0.25, 0.3) is 0 Å². The lowest BCUT2D eigenvalue weighted by molar-refractivity contribution is 0.0855. The van der Waals surface area contributed by atoms with Gasteiger partial charge in [0, 0.05) is 52.1 Å². The van der Waals surface area contributed by atoms with Gasteiger partial charge in [-0.05, 0) is 31.4 Å². The number of para-hydroxylation sites is 1. The molecule has 1 aromatic carbocycles. The largest absolute Gasteiger partial charge is 0.376 e. The van der Waals surface area contributed by atoms with Crippen molar-refractivity contribution in [1.29, 1.82) is 0 Å². The maximum Gasteiger partial charge on any atom is 0.263 e. The summed E-state index contributed by atoms with van der Waals surface area (Å²) in [5.41, 5.74) is 0.965. The Bertz CT molecular complexity index is 1080. The Morgan fingerprint density at radius 3 is 2.67 bits per heavy atom. The van der Waals surface area contributed by atoms with Crippen molar-refractivity contribution < 1.29 is 17.9 Å². The zero-order chi connectivity index (χ0) is 23.4. The van der Waals surface area contributed by atoms with Gasteiger partial charge < -0.3 is 15.0 Å². The van der Waals surface area contributed by atoms with Gasteiger partial charge in [-0.25, -0.2) is 8.42 Å². The second-order valence-electron chi connectivity index (χ2n) is 8.30. The molecule has 2 aliphatic rings. The van der Waals surface area contributed by atoms with E-state index in [1.54, 1.807) is 0 Å². The van der Waals surface area contributed by atoms with Crippen LogP contribution in [0.4, 0.5) is 5.69 Å². The number of nitrogens with zero attached hydrogens (tertiary/aromatic N) is 4. The van der Waals surface area contributed by atoms with E-state index in [1.165, 1.54) is 15.2 Å². The lowest BCUT2D eigenvalue weighted by Crippen LogP contribution is -2.49. The number of hydrogen-bond donors (Lipinski definition) is 1. The number of carbonyl (C=O) groups excluding carboxylic acids is 1. The van der Waals surface area contributed by atoms with Crippen molar-refractivity contribution in [3.05, 3.63) is 41.0 Å². The average molecular weight is 496 g/mol. The second kappa shape index (κ2) is 10.4. The van der Waals surface area contributed by atoms with Gasteiger partial charge >= 0.3 is 0 Å². The number of benzene rings is 1. The number of anilines is 1. The smallest absolute Gasteiger partial charge is 0.263 e. The highest BCUT2D eigenvalue weighted by Crippen LogP contribution is 2.28. The zero-order valence-corrected chi connectivity index (χ0v) is 20.3. The van der Waals surface area contributed by atoms with Crippen LogP contribution in [0, 0.1) is 0 Å². The molecule has 0 spiro atoms. The summed E-state index contributed by atoms with van der Waals surface area (Å²) in [6.45, 7) is 5.11. The SMILES string of the molecule is CCCn1cc(C(=O)NC[C@H]2CCCO2)c(S(=O)(=O)N2CCN(c3ccccc3Cl)CC2)n1. The van der Waals surface area contributed by atoms with Crippen molar-refractivity contribution in [2.45, 2.75) is 43.9 Å². The minimum atomic E-state index is -3.94. The summed E-state index contributed by atoms with van der Waals surface area (Å²) in [4.78, 5) is 15.0. The number of piperazine rings is 1. The molecule has 2 saturated heterocycles. The van der Waals surface area contributed by atoms with E-state index < -0.39 is 15.9 Å². The normalized spacial score (nSPS) is 19.7. The lowest BCUT2D eigenvalue weighted by atomic mass is 10.2. The third-order valence-electron chi connectivity index (χ3n) is 5.96. The van der Waals surface area contributed by atoms with E-state index in [2.05, 4.69) is 15.3 Å². The molecule has 1 aromatic heterocycles. The van der Waals surface area contributed by atoms with E-state index in [9.17, 15) is 13.2 Å². The molecule has 1 amide bonds. The highest BCUT2D eigenvalue weighted by molar-refractivity contribution is 7.89. The number of aromatic nitrogens is 2. The second-order valence-corrected chi connectivity index (χ2v) is 10.6. The molecule has 2 fully saturated rings. The quantitative estimate of drug-likeness (QED) is 0.604. The maximum atomic E-state index is 13.5. The molecule has 180 valence electrons. The average Bonchev–Trinajstić information content (AvgIpc) is 3.49. The molecule has 0 aliphatic carbocycles. The molecule has 2 aliphatic heterocycles. The van der Waals surface area contributed by atoms with Gasteiger partial charge in [0.25, 0.3) is 15.9 Å². The van der Waals surface area contributed by atoms with Crippen molar-refractivity contribution in [3.63, 3.8) is 0 Å². The van der Waals surface area contributed by atoms with E-state index in [1.807, 2.05) is 31.2 Å². The Morgan fingerprint density at radius 2 is 2.00 bits per heavy atom. The third-order valence-corrected chi connectivity index (χ3v) is 8.11. The molecule has 0 unspecified atom stereocenters. The number of amides is 1. The summed E-state index contributed by atoms with van der Waals surface area (Å²) in [5.74, 6) is -0.443. The summed E-state index contributed by atoms with van der Waals surface area (Å²) in [6, 6.07) is 7.52. The monoisotopic (exact) mass is 495 g/mol. The number of aryl methyl sites for hydroxylation is 1. The standard InChI is InChI=1S/C22H30ClN5O4S/c1-2-9-27-16-18(21(29)24-15-17-6-5-14-32-17)22(25-27)33(30,31)28-12-10-26(11-13-28)20-8-4-3-7-19(20)23/h3-4,7-8,16-17H,2,5-6,9-15H2,1H3,(H,24,29)/t17-/m1/s1. The number of rotatable bonds is 8. The van der Waals surface area contributed by atoms with E-state index in [4.69, 9.17) is 16.3 Å². The molecule has 0 saturated carbocycles. The molecule has 9 nitrogen and oxygen atoms in total. The topological polar surface area (TPSA) is 96.8 Å². The summed E-state index contributed by atoms with van der Waals surface area (Å²) >= 11 is 6.30. The van der Waals surface area contributed by atoms with Crippen molar-refractivity contribution in [2.75, 3.05) is 44.2 Å². The Kier molecular flexibility index (Phi) is 7.58. The van der Waals surface area contributed by atoms with Crippen LogP contribution >= 0.6 is 11.6 Å². The number of ether oxygens (including phenoxy) is 1. The number of halogens is 1. The van der Waals surface area contributed by atoms with Crippen molar-refractivity contribution in [3.8, 4) is 0 Å². The predicted molar refractivity (Wildman–Crippen MR) is 126 cm³/mol. The molecular formula is C22H30ClN5O4S. The Hall–Kier alpha value is -2.14. The highest BCUT2D eigenvalue weighted by Gasteiger charge is 2.35. The highest BCUT2D eigenvalue weighted by atomic mass is 35.5. The zero-order valence-electron chi connectivity index (χ0n) is 18.7. The Labute approximate surface area is 199 Å². The van der Waals surface area contributed by atoms with Gasteiger partial charge in [0.05, 0.1) is 22.4 Å². The van der Waals surface area contributed by atoms with Crippen molar-refractivity contribution in [2.24, 2.45) is 0 Å². The molecule has 0 radical (unpaired) electrons. The van der Waals surface area contributed by atoms with Gasteiger partial charge in [-0.1, -0.05) is 30.7 Å². The molecule has 11 heteroatoms. The van der Waals surface area contributed by atoms with Gasteiger partial charge in [-0.2, -0.15) is 9.40 Å². The van der Waals surface area contributed by atoms with E-state index in [0.29, 0.717) is 37.8 Å². The van der Waals surface area contributed by atoms with Crippen LogP contribution in [-0.4, -0.2) is 73.8 Å². The summed E-state index contributed by atoms with van der Waals surface area (Å²) in [7, 11) is -3.94. The van der Waals surface area contributed by atoms with E-state index in [0.717, 1.165) is 24.9 Å². The van der Waals surface area contributed by atoms with E-state index >= 15 is 0 Å². The first-order valence-electron chi connectivity index (χ1n) is 11.4. The van der Waals surface area contributed by atoms with Gasteiger partial charge in [0.1, 0.15) is 0 Å². The van der Waals surface area contributed by atoms with Gasteiger partial charge in [-0.3, -0.25) is 9.48 Å². The molecule has 2 aromatic rings. The minimum Gasteiger partial charge on any atom is -0.376 e. The number of sulfonamides is 1. The van der Waals surface area contributed by atoms with Crippen LogP contribution in [0.2, 0.25) is 5.02 Å². The Morgan fingerprint density at radius 1 is 1.24 bits per heavy atom. The molecule has 0 bridgehead atoms. The van der Waals surface area contributed by atoms with Gasteiger partial charge in [0.15, 0.2) is 0 Å². The summed E-state index contributed by atoms with van der Waals surface area (Å²) in [6.07, 6.45) is 4.12. The first-order valence-corrected chi connectivity index (χ1v) is 13.2. The molecule has 3 heterocycles. The molecule has 4 rings (SSSR count). The molecule has 33 heavy (non-hydrogen) atoms. The number of carbonyl (C=O) groups is 1. The molecule has 1 N–H and O–H groups in total. The van der Waals surface area contributed by atoms with Gasteiger partial charge in [-0.15, -0.1) is 0 Å². The summed E-state index contributed by atoms with van der Waals surface area (Å²) < 4.78 is 35.5. The van der Waals surface area contributed by atoms with Crippen LogP contribution in [-0.2, 0) is 21.3 Å². The van der Waals surface area contributed by atoms with Crippen molar-refractivity contribution in [1.82, 2.24) is 19.4 Å². The fourth-order valence-corrected chi connectivity index (χ4v) is 5.98. The van der Waals surface area contributed by atoms with Crippen LogP contribution in [0.3, 0.4) is 0 Å². The van der Waals surface area contributed by atoms with Crippen LogP contribution < -0.4 is 10.2 Å². The first-order chi connectivity index (χ1) is 15.9. The predicted octanol–water partition coefficient (Wildman–Crippen LogP) is 2.37. The fraction of sp³-hybridized carbons (Fsp3) is 0.545. The maximum absolute atomic E-state index is 13.5. The lowest BCUT2D eigenvalue weighted by Gasteiger charge is -2.35. The van der Waals surface area contributed by atoms with Crippen LogP contribution in [0.15, 0.2) is 35.5 Å². The molecular weight excluding hydrogens is 466 g/mol. The fourth-order valence-electron chi connectivity index (χ4n) is 4.20. The van der Waals surface area contributed by atoms with E-state index in [-0.39, 0.29) is 29.8 Å². The number of nitrogens with one attached hydrogen (secondary N) is 1. The first kappa shape index (κ1) is 24.0. The van der Waals surface area contributed by atoms with Crippen LogP contribution in [0.1, 0.15) is 36.5 Å². The van der Waals surface area contributed by atoms with Crippen LogP contribution in [0.5, 0.6) is 0 Å². The Balaban J connectivity index is 1.50. The minimum absolute atomic E-state index is 0.0300. The third kappa shape index (κ3) is 5.34.